The van der Waals surface area contributed by atoms with Gasteiger partial charge in [0.15, 0.2) is 5.82 Å². The fourth-order valence-electron chi connectivity index (χ4n) is 3.93. The van der Waals surface area contributed by atoms with Crippen LogP contribution in [0.1, 0.15) is 18.1 Å². The molecule has 2 aromatic carbocycles. The second-order valence-corrected chi connectivity index (χ2v) is 8.61. The number of carbonyl (C=O) groups excluding carboxylic acids is 1. The SMILES string of the molecule is CCc1ccccc1NC(=O)CN1CCN(Cn2[nH]c(-c3ccc(C)cc3)nc2=S)CC1. The maximum atomic E-state index is 12.5. The molecule has 0 unspecified atom stereocenters. The molecule has 0 spiro atoms. The maximum Gasteiger partial charge on any atom is 0.238 e. The van der Waals surface area contributed by atoms with E-state index in [9.17, 15) is 4.79 Å². The van der Waals surface area contributed by atoms with Gasteiger partial charge in [0, 0.05) is 37.4 Å². The number of para-hydroxylation sites is 1. The highest BCUT2D eigenvalue weighted by molar-refractivity contribution is 7.71. The number of hydrogen-bond donors (Lipinski definition) is 2. The first-order valence-electron chi connectivity index (χ1n) is 11.1. The van der Waals surface area contributed by atoms with E-state index in [1.807, 2.05) is 22.9 Å². The Labute approximate surface area is 194 Å². The van der Waals surface area contributed by atoms with Gasteiger partial charge >= 0.3 is 0 Å². The number of benzene rings is 2. The molecule has 0 aliphatic carbocycles. The largest absolute Gasteiger partial charge is 0.325 e. The van der Waals surface area contributed by atoms with E-state index in [1.165, 1.54) is 5.56 Å². The van der Waals surface area contributed by atoms with E-state index in [0.717, 1.165) is 55.2 Å². The molecular weight excluding hydrogens is 420 g/mol. The standard InChI is InChI=1S/C24H30N6OS/c1-3-19-6-4-5-7-21(19)25-22(31)16-28-12-14-29(15-13-28)17-30-24(32)26-23(27-30)20-10-8-18(2)9-11-20/h4-11H,3,12-17H2,1-2H3,(H,25,31)(H,26,27,32). The number of nitrogens with one attached hydrogen (secondary N) is 2. The molecule has 3 aromatic rings. The molecule has 8 heteroatoms. The van der Waals surface area contributed by atoms with Crippen molar-refractivity contribution in [2.75, 3.05) is 38.0 Å². The van der Waals surface area contributed by atoms with Gasteiger partial charge in [-0.05, 0) is 37.2 Å². The molecule has 1 fully saturated rings. The zero-order valence-electron chi connectivity index (χ0n) is 18.7. The molecule has 0 saturated carbocycles. The summed E-state index contributed by atoms with van der Waals surface area (Å²) in [6.07, 6.45) is 0.900. The van der Waals surface area contributed by atoms with Crippen LogP contribution in [0, 0.1) is 11.7 Å². The van der Waals surface area contributed by atoms with Crippen LogP contribution in [0.15, 0.2) is 48.5 Å². The highest BCUT2D eigenvalue weighted by Crippen LogP contribution is 2.17. The quantitative estimate of drug-likeness (QED) is 0.538. The average molecular weight is 451 g/mol. The van der Waals surface area contributed by atoms with Gasteiger partial charge in [0.1, 0.15) is 0 Å². The number of amides is 1. The number of aryl methyl sites for hydroxylation is 2. The minimum atomic E-state index is 0.0397. The molecule has 2 N–H and O–H groups in total. The molecule has 0 bridgehead atoms. The van der Waals surface area contributed by atoms with Crippen LogP contribution < -0.4 is 5.32 Å². The summed E-state index contributed by atoms with van der Waals surface area (Å²) in [6.45, 7) is 8.68. The van der Waals surface area contributed by atoms with Crippen LogP contribution in [-0.4, -0.2) is 63.2 Å². The summed E-state index contributed by atoms with van der Waals surface area (Å²) in [6, 6.07) is 16.2. The Morgan fingerprint density at radius 2 is 1.75 bits per heavy atom. The van der Waals surface area contributed by atoms with Gasteiger partial charge in [-0.1, -0.05) is 55.0 Å². The molecule has 4 rings (SSSR count). The minimum absolute atomic E-state index is 0.0397. The van der Waals surface area contributed by atoms with Crippen molar-refractivity contribution in [1.82, 2.24) is 24.6 Å². The van der Waals surface area contributed by atoms with Crippen LogP contribution >= 0.6 is 12.2 Å². The van der Waals surface area contributed by atoms with E-state index >= 15 is 0 Å². The lowest BCUT2D eigenvalue weighted by Gasteiger charge is -2.34. The van der Waals surface area contributed by atoms with Crippen molar-refractivity contribution < 1.29 is 4.79 Å². The van der Waals surface area contributed by atoms with Gasteiger partial charge in [0.05, 0.1) is 13.2 Å². The average Bonchev–Trinajstić information content (AvgIpc) is 3.16. The summed E-state index contributed by atoms with van der Waals surface area (Å²) in [4.78, 5) is 21.6. The Kier molecular flexibility index (Phi) is 7.14. The van der Waals surface area contributed by atoms with Crippen LogP contribution in [0.2, 0.25) is 0 Å². The maximum absolute atomic E-state index is 12.5. The van der Waals surface area contributed by atoms with E-state index in [2.05, 4.69) is 69.4 Å². The molecule has 32 heavy (non-hydrogen) atoms. The molecule has 7 nitrogen and oxygen atoms in total. The van der Waals surface area contributed by atoms with Gasteiger partial charge in [-0.25, -0.2) is 4.68 Å². The lowest BCUT2D eigenvalue weighted by atomic mass is 10.1. The second kappa shape index (κ2) is 10.2. The number of H-pyrrole nitrogens is 1. The number of nitrogens with zero attached hydrogens (tertiary/aromatic N) is 4. The van der Waals surface area contributed by atoms with E-state index in [-0.39, 0.29) is 5.91 Å². The van der Waals surface area contributed by atoms with Gasteiger partial charge in [0.25, 0.3) is 0 Å². The third-order valence-corrected chi connectivity index (χ3v) is 6.16. The number of piperazine rings is 1. The predicted molar refractivity (Wildman–Crippen MR) is 130 cm³/mol. The number of anilines is 1. The van der Waals surface area contributed by atoms with Crippen molar-refractivity contribution in [2.24, 2.45) is 0 Å². The van der Waals surface area contributed by atoms with E-state index < -0.39 is 0 Å². The minimum Gasteiger partial charge on any atom is -0.325 e. The van der Waals surface area contributed by atoms with Crippen molar-refractivity contribution in [2.45, 2.75) is 26.9 Å². The normalized spacial score (nSPS) is 15.1. The Morgan fingerprint density at radius 3 is 2.47 bits per heavy atom. The molecule has 0 radical (unpaired) electrons. The van der Waals surface area contributed by atoms with Gasteiger partial charge in [-0.2, -0.15) is 4.98 Å². The molecule has 2 heterocycles. The van der Waals surface area contributed by atoms with Crippen molar-refractivity contribution in [3.63, 3.8) is 0 Å². The fraction of sp³-hybridized carbons (Fsp3) is 0.375. The highest BCUT2D eigenvalue weighted by Gasteiger charge is 2.20. The van der Waals surface area contributed by atoms with Crippen molar-refractivity contribution in [3.05, 3.63) is 64.4 Å². The number of rotatable bonds is 7. The summed E-state index contributed by atoms with van der Waals surface area (Å²) < 4.78 is 2.46. The van der Waals surface area contributed by atoms with Crippen LogP contribution in [0.25, 0.3) is 11.4 Å². The molecule has 1 aromatic heterocycles. The topological polar surface area (TPSA) is 69.2 Å². The number of hydrogen-bond acceptors (Lipinski definition) is 5. The zero-order valence-corrected chi connectivity index (χ0v) is 19.5. The van der Waals surface area contributed by atoms with Gasteiger partial charge in [0.2, 0.25) is 10.7 Å². The van der Waals surface area contributed by atoms with Crippen LogP contribution in [0.3, 0.4) is 0 Å². The summed E-state index contributed by atoms with van der Waals surface area (Å²) in [7, 11) is 0. The first kappa shape index (κ1) is 22.4. The van der Waals surface area contributed by atoms with Crippen molar-refractivity contribution in [1.29, 1.82) is 0 Å². The number of aromatic nitrogens is 3. The van der Waals surface area contributed by atoms with Crippen LogP contribution in [0.4, 0.5) is 5.69 Å². The van der Waals surface area contributed by atoms with Crippen molar-refractivity contribution >= 4 is 23.8 Å². The molecule has 1 aliphatic rings. The predicted octanol–water partition coefficient (Wildman–Crippen LogP) is 3.69. The Hall–Kier alpha value is -2.81. The molecule has 0 atom stereocenters. The van der Waals surface area contributed by atoms with E-state index in [1.54, 1.807) is 0 Å². The summed E-state index contributed by atoms with van der Waals surface area (Å²) >= 11 is 5.46. The Balaban J connectivity index is 1.28. The molecule has 1 amide bonds. The van der Waals surface area contributed by atoms with Crippen LogP contribution in [-0.2, 0) is 17.9 Å². The summed E-state index contributed by atoms with van der Waals surface area (Å²) in [5.74, 6) is 0.829. The molecular formula is C24H30N6OS. The monoisotopic (exact) mass is 450 g/mol. The molecule has 1 saturated heterocycles. The lowest BCUT2D eigenvalue weighted by molar-refractivity contribution is -0.117. The lowest BCUT2D eigenvalue weighted by Crippen LogP contribution is -2.49. The Bertz CT molecular complexity index is 1110. The van der Waals surface area contributed by atoms with Crippen LogP contribution in [0.5, 0.6) is 0 Å². The van der Waals surface area contributed by atoms with E-state index in [0.29, 0.717) is 18.0 Å². The third-order valence-electron chi connectivity index (χ3n) is 5.85. The smallest absolute Gasteiger partial charge is 0.238 e. The fourth-order valence-corrected chi connectivity index (χ4v) is 4.12. The first-order valence-corrected chi connectivity index (χ1v) is 11.5. The van der Waals surface area contributed by atoms with Crippen molar-refractivity contribution in [3.8, 4) is 11.4 Å². The highest BCUT2D eigenvalue weighted by atomic mass is 32.1. The number of carbonyl (C=O) groups is 1. The molecule has 168 valence electrons. The summed E-state index contributed by atoms with van der Waals surface area (Å²) in [5, 5.41) is 6.39. The van der Waals surface area contributed by atoms with Gasteiger partial charge in [-0.3, -0.25) is 19.7 Å². The first-order chi connectivity index (χ1) is 15.5. The van der Waals surface area contributed by atoms with Gasteiger partial charge in [-0.15, -0.1) is 0 Å². The van der Waals surface area contributed by atoms with Gasteiger partial charge < -0.3 is 5.32 Å². The zero-order chi connectivity index (χ0) is 22.5. The van der Waals surface area contributed by atoms with E-state index in [4.69, 9.17) is 12.2 Å². The second-order valence-electron chi connectivity index (χ2n) is 8.24. The molecule has 1 aliphatic heterocycles. The third kappa shape index (κ3) is 5.51. The Morgan fingerprint density at radius 1 is 1.06 bits per heavy atom. The summed E-state index contributed by atoms with van der Waals surface area (Å²) in [5.41, 5.74) is 4.32. The number of aromatic amines is 1.